The van der Waals surface area contributed by atoms with E-state index < -0.39 is 5.54 Å². The van der Waals surface area contributed by atoms with E-state index in [0.717, 1.165) is 50.6 Å². The number of hydrogen-bond donors (Lipinski definition) is 1. The number of imide groups is 1. The maximum absolute atomic E-state index is 12.7. The number of carbonyl (C=O) groups excluding carboxylic acids is 2. The third-order valence-electron chi connectivity index (χ3n) is 5.80. The molecule has 0 spiro atoms. The lowest BCUT2D eigenvalue weighted by Crippen LogP contribution is -2.51. The fourth-order valence-corrected chi connectivity index (χ4v) is 4.18. The zero-order chi connectivity index (χ0) is 18.3. The second-order valence-electron chi connectivity index (χ2n) is 7.81. The minimum atomic E-state index is -0.689. The molecule has 6 nitrogen and oxygen atoms in total. The van der Waals surface area contributed by atoms with Gasteiger partial charge in [0.1, 0.15) is 5.54 Å². The van der Waals surface area contributed by atoms with Crippen LogP contribution in [0.2, 0.25) is 5.02 Å². The number of nitrogens with one attached hydrogen (secondary N) is 1. The Balaban J connectivity index is 1.30. The second-order valence-corrected chi connectivity index (χ2v) is 8.24. The van der Waals surface area contributed by atoms with E-state index in [9.17, 15) is 9.59 Å². The van der Waals surface area contributed by atoms with E-state index in [1.54, 1.807) is 0 Å². The topological polar surface area (TPSA) is 55.9 Å². The molecule has 0 aromatic heterocycles. The molecular formula is C19H25ClN4O2. The smallest absolute Gasteiger partial charge is 0.323 e. The Kier molecular flexibility index (Phi) is 4.67. The van der Waals surface area contributed by atoms with Gasteiger partial charge in [0.05, 0.1) is 6.67 Å². The third kappa shape index (κ3) is 3.46. The molecule has 2 heterocycles. The maximum atomic E-state index is 12.7. The number of amides is 3. The number of carbonyl (C=O) groups is 2. The summed E-state index contributed by atoms with van der Waals surface area (Å²) >= 11 is 6.06. The van der Waals surface area contributed by atoms with Gasteiger partial charge in [-0.2, -0.15) is 0 Å². The van der Waals surface area contributed by atoms with Gasteiger partial charge in [-0.1, -0.05) is 23.7 Å². The largest absolute Gasteiger partial charge is 0.326 e. The van der Waals surface area contributed by atoms with E-state index in [1.165, 1.54) is 10.5 Å². The quantitative estimate of drug-likeness (QED) is 0.800. The first-order chi connectivity index (χ1) is 12.5. The summed E-state index contributed by atoms with van der Waals surface area (Å²) < 4.78 is 0. The number of nitrogens with zero attached hydrogens (tertiary/aromatic N) is 3. The van der Waals surface area contributed by atoms with Crippen LogP contribution in [0.5, 0.6) is 0 Å². The molecule has 140 valence electrons. The van der Waals surface area contributed by atoms with Gasteiger partial charge in [0.25, 0.3) is 5.91 Å². The molecule has 1 atom stereocenters. The fraction of sp³-hybridized carbons (Fsp3) is 0.579. The van der Waals surface area contributed by atoms with Crippen molar-refractivity contribution >= 4 is 23.5 Å². The highest BCUT2D eigenvalue weighted by molar-refractivity contribution is 6.30. The van der Waals surface area contributed by atoms with Gasteiger partial charge in [-0.3, -0.25) is 14.6 Å². The van der Waals surface area contributed by atoms with Crippen molar-refractivity contribution in [2.45, 2.75) is 31.8 Å². The maximum Gasteiger partial charge on any atom is 0.326 e. The van der Waals surface area contributed by atoms with Crippen molar-refractivity contribution in [3.63, 3.8) is 0 Å². The van der Waals surface area contributed by atoms with Crippen LogP contribution < -0.4 is 5.32 Å². The second kappa shape index (κ2) is 6.83. The Morgan fingerprint density at radius 2 is 1.85 bits per heavy atom. The van der Waals surface area contributed by atoms with Crippen molar-refractivity contribution in [2.24, 2.45) is 5.92 Å². The number of hydrogen-bond acceptors (Lipinski definition) is 4. The van der Waals surface area contributed by atoms with Gasteiger partial charge in [-0.25, -0.2) is 9.69 Å². The van der Waals surface area contributed by atoms with Crippen LogP contribution in [0, 0.1) is 5.92 Å². The van der Waals surface area contributed by atoms with Crippen molar-refractivity contribution in [1.29, 1.82) is 0 Å². The van der Waals surface area contributed by atoms with Crippen molar-refractivity contribution in [2.75, 3.05) is 32.8 Å². The summed E-state index contributed by atoms with van der Waals surface area (Å²) in [6.45, 7) is 6.64. The van der Waals surface area contributed by atoms with Gasteiger partial charge in [-0.15, -0.1) is 0 Å². The van der Waals surface area contributed by atoms with Crippen molar-refractivity contribution < 1.29 is 9.59 Å². The van der Waals surface area contributed by atoms with Gasteiger partial charge in [0.2, 0.25) is 0 Å². The number of rotatable bonds is 5. The summed E-state index contributed by atoms with van der Waals surface area (Å²) in [6, 6.07) is 7.70. The minimum Gasteiger partial charge on any atom is -0.323 e. The summed E-state index contributed by atoms with van der Waals surface area (Å²) in [5, 5.41) is 3.68. The van der Waals surface area contributed by atoms with Gasteiger partial charge < -0.3 is 5.32 Å². The van der Waals surface area contributed by atoms with Gasteiger partial charge in [0.15, 0.2) is 0 Å². The van der Waals surface area contributed by atoms with E-state index in [1.807, 2.05) is 25.1 Å². The lowest BCUT2D eigenvalue weighted by Gasteiger charge is -2.36. The third-order valence-corrected chi connectivity index (χ3v) is 6.03. The monoisotopic (exact) mass is 376 g/mol. The SMILES string of the molecule is C[C@@]1(C2CC2)NC(=O)N(CN2CCN(Cc3cccc(Cl)c3)CC2)C1=O. The number of halogens is 1. The molecule has 1 aromatic rings. The molecule has 1 saturated carbocycles. The average Bonchev–Trinajstić information content (AvgIpc) is 3.43. The number of piperazine rings is 1. The Labute approximate surface area is 159 Å². The summed E-state index contributed by atoms with van der Waals surface area (Å²) in [7, 11) is 0. The predicted octanol–water partition coefficient (Wildman–Crippen LogP) is 2.14. The molecule has 3 fully saturated rings. The van der Waals surface area contributed by atoms with Crippen LogP contribution in [0.1, 0.15) is 25.3 Å². The molecule has 26 heavy (non-hydrogen) atoms. The van der Waals surface area contributed by atoms with E-state index in [-0.39, 0.29) is 11.9 Å². The molecule has 4 rings (SSSR count). The Morgan fingerprint density at radius 3 is 2.50 bits per heavy atom. The molecule has 1 aliphatic carbocycles. The fourth-order valence-electron chi connectivity index (χ4n) is 3.96. The molecule has 0 radical (unpaired) electrons. The summed E-state index contributed by atoms with van der Waals surface area (Å²) in [4.78, 5) is 31.0. The summed E-state index contributed by atoms with van der Waals surface area (Å²) in [5.74, 6) is 0.241. The Morgan fingerprint density at radius 1 is 1.15 bits per heavy atom. The first-order valence-corrected chi connectivity index (χ1v) is 9.67. The van der Waals surface area contributed by atoms with E-state index >= 15 is 0 Å². The van der Waals surface area contributed by atoms with Gasteiger partial charge in [0, 0.05) is 37.7 Å². The Hall–Kier alpha value is -1.63. The van der Waals surface area contributed by atoms with Gasteiger partial charge >= 0.3 is 6.03 Å². The molecule has 7 heteroatoms. The summed E-state index contributed by atoms with van der Waals surface area (Å²) in [5.41, 5.74) is 0.520. The van der Waals surface area contributed by atoms with Crippen LogP contribution in [0.4, 0.5) is 4.79 Å². The molecule has 0 bridgehead atoms. The molecule has 0 unspecified atom stereocenters. The van der Waals surface area contributed by atoms with Crippen LogP contribution in [-0.4, -0.2) is 65.0 Å². The van der Waals surface area contributed by atoms with Crippen LogP contribution in [0.15, 0.2) is 24.3 Å². The first kappa shape index (κ1) is 17.8. The van der Waals surface area contributed by atoms with E-state index in [4.69, 9.17) is 11.6 Å². The summed E-state index contributed by atoms with van der Waals surface area (Å²) in [6.07, 6.45) is 2.05. The average molecular weight is 377 g/mol. The standard InChI is InChI=1S/C19H25ClN4O2/c1-19(15-5-6-15)17(25)24(18(26)21-19)13-23-9-7-22(8-10-23)12-14-3-2-4-16(20)11-14/h2-4,11,15H,5-10,12-13H2,1H3,(H,21,26)/t19-/m0/s1. The Bertz CT molecular complexity index is 715. The van der Waals surface area contributed by atoms with Crippen LogP contribution in [-0.2, 0) is 11.3 Å². The zero-order valence-electron chi connectivity index (χ0n) is 15.1. The molecule has 1 aromatic carbocycles. The molecule has 2 aliphatic heterocycles. The van der Waals surface area contributed by atoms with Crippen molar-refractivity contribution in [3.8, 4) is 0 Å². The number of urea groups is 1. The lowest BCUT2D eigenvalue weighted by molar-refractivity contribution is -0.133. The highest BCUT2D eigenvalue weighted by Crippen LogP contribution is 2.42. The van der Waals surface area contributed by atoms with Crippen molar-refractivity contribution in [1.82, 2.24) is 20.0 Å². The predicted molar refractivity (Wildman–Crippen MR) is 99.7 cm³/mol. The normalized spacial score (nSPS) is 27.8. The highest BCUT2D eigenvalue weighted by atomic mass is 35.5. The molecule has 2 saturated heterocycles. The van der Waals surface area contributed by atoms with E-state index in [2.05, 4.69) is 21.2 Å². The molecular weight excluding hydrogens is 352 g/mol. The van der Waals surface area contributed by atoms with Crippen LogP contribution >= 0.6 is 11.6 Å². The zero-order valence-corrected chi connectivity index (χ0v) is 15.8. The number of benzene rings is 1. The van der Waals surface area contributed by atoms with Crippen LogP contribution in [0.3, 0.4) is 0 Å². The highest BCUT2D eigenvalue weighted by Gasteiger charge is 2.56. The van der Waals surface area contributed by atoms with Gasteiger partial charge in [-0.05, 0) is 43.4 Å². The first-order valence-electron chi connectivity index (χ1n) is 9.29. The van der Waals surface area contributed by atoms with Crippen molar-refractivity contribution in [3.05, 3.63) is 34.9 Å². The van der Waals surface area contributed by atoms with Crippen LogP contribution in [0.25, 0.3) is 0 Å². The lowest BCUT2D eigenvalue weighted by atomic mass is 9.96. The van der Waals surface area contributed by atoms with E-state index in [0.29, 0.717) is 12.6 Å². The molecule has 3 amide bonds. The molecule has 3 aliphatic rings. The minimum absolute atomic E-state index is 0.0636. The molecule has 1 N–H and O–H groups in total.